The molecule has 2 saturated heterocycles. The number of rotatable bonds is 2. The fraction of sp³-hybridized carbons (Fsp3) is 0.222. The van der Waals surface area contributed by atoms with E-state index in [9.17, 15) is 19.2 Å². The molecular formula is C18H10Br2N4O4. The Bertz CT molecular complexity index is 957. The van der Waals surface area contributed by atoms with Crippen LogP contribution in [0.1, 0.15) is 0 Å². The van der Waals surface area contributed by atoms with Gasteiger partial charge in [0, 0.05) is 0 Å². The molecule has 0 atom stereocenters. The Morgan fingerprint density at radius 2 is 0.929 bits per heavy atom. The van der Waals surface area contributed by atoms with E-state index in [1.807, 2.05) is 0 Å². The first-order valence-electron chi connectivity index (χ1n) is 8.41. The maximum Gasteiger partial charge on any atom is 0.239 e. The van der Waals surface area contributed by atoms with Gasteiger partial charge in [0.25, 0.3) is 0 Å². The lowest BCUT2D eigenvalue weighted by Crippen LogP contribution is -2.50. The molecule has 0 spiro atoms. The first-order chi connectivity index (χ1) is 13.4. The Morgan fingerprint density at radius 3 is 1.21 bits per heavy atom. The number of hydrogen-bond donors (Lipinski definition) is 0. The molecule has 10 heteroatoms. The van der Waals surface area contributed by atoms with Gasteiger partial charge < -0.3 is 0 Å². The molecule has 3 aliphatic rings. The molecule has 28 heavy (non-hydrogen) atoms. The number of anilines is 2. The number of carbonyl (C=O) groups is 4. The summed E-state index contributed by atoms with van der Waals surface area (Å²) in [7, 11) is 0. The van der Waals surface area contributed by atoms with E-state index >= 15 is 0 Å². The van der Waals surface area contributed by atoms with Gasteiger partial charge in [0.05, 0.1) is 23.7 Å². The summed E-state index contributed by atoms with van der Waals surface area (Å²) in [4.78, 5) is 62.0. The Hall–Kier alpha value is -2.46. The molecule has 0 radical (unpaired) electrons. The molecule has 0 N–H and O–H groups in total. The molecule has 5 rings (SSSR count). The summed E-state index contributed by atoms with van der Waals surface area (Å²) in [6, 6.07) is 9.75. The van der Waals surface area contributed by atoms with Crippen LogP contribution in [0.3, 0.4) is 0 Å². The molecule has 4 amide bonds. The fourth-order valence-electron chi connectivity index (χ4n) is 4.29. The van der Waals surface area contributed by atoms with E-state index in [0.717, 1.165) is 9.80 Å². The van der Waals surface area contributed by atoms with Crippen LogP contribution in [0.5, 0.6) is 0 Å². The molecule has 1 saturated carbocycles. The Labute approximate surface area is 175 Å². The zero-order valence-electron chi connectivity index (χ0n) is 14.0. The van der Waals surface area contributed by atoms with Gasteiger partial charge in [-0.25, -0.2) is 19.8 Å². The topological polar surface area (TPSA) is 101 Å². The Kier molecular flexibility index (Phi) is 3.79. The van der Waals surface area contributed by atoms with Gasteiger partial charge in [0.2, 0.25) is 23.6 Å². The van der Waals surface area contributed by atoms with Crippen molar-refractivity contribution in [2.24, 2.45) is 23.7 Å². The summed E-state index contributed by atoms with van der Waals surface area (Å²) in [5, 5.41) is 0. The van der Waals surface area contributed by atoms with Crippen LogP contribution in [0.2, 0.25) is 0 Å². The molecular weight excluding hydrogens is 496 g/mol. The van der Waals surface area contributed by atoms with Crippen molar-refractivity contribution in [1.82, 2.24) is 9.97 Å². The second-order valence-electron chi connectivity index (χ2n) is 6.76. The molecule has 8 nitrogen and oxygen atoms in total. The number of aromatic nitrogens is 2. The lowest BCUT2D eigenvalue weighted by molar-refractivity contribution is -0.146. The minimum absolute atomic E-state index is 0.183. The first kappa shape index (κ1) is 17.6. The van der Waals surface area contributed by atoms with E-state index < -0.39 is 47.3 Å². The van der Waals surface area contributed by atoms with Crippen LogP contribution < -0.4 is 9.80 Å². The van der Waals surface area contributed by atoms with E-state index in [4.69, 9.17) is 0 Å². The molecule has 0 aromatic carbocycles. The van der Waals surface area contributed by atoms with E-state index in [1.165, 1.54) is 0 Å². The SMILES string of the molecule is O=C1C2C(C(=O)N1c1cccc(Br)n1)C1C(=O)N(c3cccc(Br)n3)C(=O)C21. The second kappa shape index (κ2) is 6.02. The molecule has 0 unspecified atom stereocenters. The summed E-state index contributed by atoms with van der Waals surface area (Å²) in [6.07, 6.45) is 0. The monoisotopic (exact) mass is 504 g/mol. The third-order valence-electron chi connectivity index (χ3n) is 5.43. The number of fused-ring (bicyclic) bond motifs is 4. The van der Waals surface area contributed by atoms with Gasteiger partial charge in [0.1, 0.15) is 20.8 Å². The van der Waals surface area contributed by atoms with E-state index in [-0.39, 0.29) is 11.6 Å². The molecule has 4 heterocycles. The first-order valence-corrected chi connectivity index (χ1v) is 9.99. The van der Waals surface area contributed by atoms with Crippen molar-refractivity contribution in [3.05, 3.63) is 45.6 Å². The van der Waals surface area contributed by atoms with Gasteiger partial charge in [-0.15, -0.1) is 0 Å². The summed E-state index contributed by atoms with van der Waals surface area (Å²) in [5.74, 6) is -4.97. The summed E-state index contributed by atoms with van der Waals surface area (Å²) in [5.41, 5.74) is 0. The van der Waals surface area contributed by atoms with E-state index in [2.05, 4.69) is 41.8 Å². The number of amides is 4. The van der Waals surface area contributed by atoms with Crippen molar-refractivity contribution in [2.45, 2.75) is 0 Å². The predicted octanol–water partition coefficient (Wildman–Crippen LogP) is 1.93. The number of hydrogen-bond acceptors (Lipinski definition) is 6. The summed E-state index contributed by atoms with van der Waals surface area (Å²) >= 11 is 6.43. The number of pyridine rings is 2. The fourth-order valence-corrected chi connectivity index (χ4v) is 4.95. The number of halogens is 2. The highest BCUT2D eigenvalue weighted by Crippen LogP contribution is 2.57. The maximum absolute atomic E-state index is 12.9. The van der Waals surface area contributed by atoms with Gasteiger partial charge in [-0.3, -0.25) is 19.2 Å². The van der Waals surface area contributed by atoms with Crippen molar-refractivity contribution >= 4 is 67.1 Å². The third-order valence-corrected chi connectivity index (χ3v) is 6.31. The van der Waals surface area contributed by atoms with Gasteiger partial charge in [-0.05, 0) is 56.1 Å². The van der Waals surface area contributed by atoms with Crippen molar-refractivity contribution in [3.8, 4) is 0 Å². The van der Waals surface area contributed by atoms with Gasteiger partial charge in [0.15, 0.2) is 0 Å². The van der Waals surface area contributed by atoms with Gasteiger partial charge >= 0.3 is 0 Å². The standard InChI is InChI=1S/C18H10Br2N4O4/c19-7-3-1-5-9(21-7)23-15(25)11-12(16(23)26)14-13(11)17(27)24(18(14)28)10-6-2-4-8(20)22-10/h1-6,11-14H. The van der Waals surface area contributed by atoms with Crippen LogP contribution >= 0.6 is 31.9 Å². The molecule has 2 aromatic rings. The lowest BCUT2D eigenvalue weighted by atomic mass is 9.59. The van der Waals surface area contributed by atoms with E-state index in [1.54, 1.807) is 36.4 Å². The largest absolute Gasteiger partial charge is 0.274 e. The molecule has 0 bridgehead atoms. The number of imide groups is 2. The van der Waals surface area contributed by atoms with E-state index in [0.29, 0.717) is 9.21 Å². The molecule has 2 aromatic heterocycles. The average Bonchev–Trinajstić information content (AvgIpc) is 2.93. The van der Waals surface area contributed by atoms with Crippen LogP contribution in [0.25, 0.3) is 0 Å². The quantitative estimate of drug-likeness (QED) is 0.456. The highest BCUT2D eigenvalue weighted by atomic mass is 79.9. The zero-order valence-corrected chi connectivity index (χ0v) is 17.1. The zero-order chi connectivity index (χ0) is 19.7. The number of nitrogens with zero attached hydrogens (tertiary/aromatic N) is 4. The summed E-state index contributed by atoms with van der Waals surface area (Å²) in [6.45, 7) is 0. The molecule has 1 aliphatic carbocycles. The minimum Gasteiger partial charge on any atom is -0.274 e. The second-order valence-corrected chi connectivity index (χ2v) is 8.39. The highest BCUT2D eigenvalue weighted by Gasteiger charge is 2.74. The van der Waals surface area contributed by atoms with Crippen molar-refractivity contribution < 1.29 is 19.2 Å². The predicted molar refractivity (Wildman–Crippen MR) is 103 cm³/mol. The van der Waals surface area contributed by atoms with Crippen LogP contribution in [-0.4, -0.2) is 33.6 Å². The third kappa shape index (κ3) is 2.21. The molecule has 3 fully saturated rings. The molecule has 2 aliphatic heterocycles. The van der Waals surface area contributed by atoms with Crippen LogP contribution in [0.15, 0.2) is 45.6 Å². The van der Waals surface area contributed by atoms with Crippen molar-refractivity contribution in [1.29, 1.82) is 0 Å². The Balaban J connectivity index is 1.50. The highest BCUT2D eigenvalue weighted by molar-refractivity contribution is 9.10. The Morgan fingerprint density at radius 1 is 0.607 bits per heavy atom. The summed E-state index contributed by atoms with van der Waals surface area (Å²) < 4.78 is 0.952. The maximum atomic E-state index is 12.9. The normalized spacial score (nSPS) is 28.5. The van der Waals surface area contributed by atoms with Gasteiger partial charge in [-0.1, -0.05) is 12.1 Å². The number of carbonyl (C=O) groups excluding carboxylic acids is 4. The van der Waals surface area contributed by atoms with Crippen LogP contribution in [-0.2, 0) is 19.2 Å². The minimum atomic E-state index is -0.841. The lowest BCUT2D eigenvalue weighted by Gasteiger charge is -2.36. The molecule has 140 valence electrons. The average molecular weight is 506 g/mol. The van der Waals surface area contributed by atoms with Crippen molar-refractivity contribution in [2.75, 3.05) is 9.80 Å². The van der Waals surface area contributed by atoms with Crippen molar-refractivity contribution in [3.63, 3.8) is 0 Å². The van der Waals surface area contributed by atoms with Gasteiger partial charge in [-0.2, -0.15) is 0 Å². The van der Waals surface area contributed by atoms with Crippen LogP contribution in [0, 0.1) is 23.7 Å². The van der Waals surface area contributed by atoms with Crippen LogP contribution in [0.4, 0.5) is 11.6 Å². The smallest absolute Gasteiger partial charge is 0.239 e.